The van der Waals surface area contributed by atoms with E-state index in [4.69, 9.17) is 0 Å². The summed E-state index contributed by atoms with van der Waals surface area (Å²) in [6.45, 7) is 0. The van der Waals surface area contributed by atoms with E-state index in [1.807, 2.05) is 0 Å². The second kappa shape index (κ2) is 5.09. The van der Waals surface area contributed by atoms with E-state index in [-0.39, 0.29) is 0 Å². The second-order valence-electron chi connectivity index (χ2n) is 7.46. The molecule has 1 spiro atoms. The van der Waals surface area contributed by atoms with Crippen molar-refractivity contribution >= 4 is 5.69 Å². The Morgan fingerprint density at radius 2 is 1.60 bits per heavy atom. The molecule has 2 fully saturated rings. The minimum absolute atomic E-state index is 0.723. The van der Waals surface area contributed by atoms with Gasteiger partial charge in [0.2, 0.25) is 0 Å². The van der Waals surface area contributed by atoms with Gasteiger partial charge in [-0.3, -0.25) is 0 Å². The van der Waals surface area contributed by atoms with Crippen molar-refractivity contribution in [3.05, 3.63) is 29.3 Å². The number of hydrogen-bond donors (Lipinski definition) is 1. The lowest BCUT2D eigenvalue weighted by atomic mass is 9.71. The lowest BCUT2D eigenvalue weighted by Gasteiger charge is -2.38. The molecule has 0 amide bonds. The Bertz CT molecular complexity index is 475. The molecule has 20 heavy (non-hydrogen) atoms. The summed E-state index contributed by atoms with van der Waals surface area (Å²) in [5.41, 5.74) is 5.32. The Hall–Kier alpha value is -0.980. The summed E-state index contributed by atoms with van der Waals surface area (Å²) >= 11 is 0. The van der Waals surface area contributed by atoms with E-state index in [2.05, 4.69) is 23.5 Å². The molecule has 0 aliphatic heterocycles. The highest BCUT2D eigenvalue weighted by Gasteiger charge is 2.37. The highest BCUT2D eigenvalue weighted by molar-refractivity contribution is 5.50. The molecule has 0 aromatic heterocycles. The van der Waals surface area contributed by atoms with Gasteiger partial charge in [-0.05, 0) is 86.5 Å². The molecule has 0 atom stereocenters. The first kappa shape index (κ1) is 12.7. The van der Waals surface area contributed by atoms with Crippen LogP contribution in [0.5, 0.6) is 0 Å². The SMILES string of the molecule is c1cc2c(cc1NC1CCC3(CCCC3)CC1)CCC2. The standard InChI is InChI=1S/C19H27N/c1-2-11-19(10-1)12-8-17(9-13-19)20-18-7-6-15-4-3-5-16(15)14-18/h6-7,14,17,20H,1-5,8-13H2. The summed E-state index contributed by atoms with van der Waals surface area (Å²) in [5, 5.41) is 3.82. The zero-order chi connectivity index (χ0) is 13.4. The van der Waals surface area contributed by atoms with Crippen molar-refractivity contribution in [2.24, 2.45) is 5.41 Å². The van der Waals surface area contributed by atoms with E-state index >= 15 is 0 Å². The maximum absolute atomic E-state index is 3.82. The second-order valence-corrected chi connectivity index (χ2v) is 7.46. The predicted molar refractivity (Wildman–Crippen MR) is 85.2 cm³/mol. The monoisotopic (exact) mass is 269 g/mol. The summed E-state index contributed by atoms with van der Waals surface area (Å²) < 4.78 is 0. The number of hydrogen-bond acceptors (Lipinski definition) is 1. The molecule has 4 rings (SSSR count). The molecule has 0 saturated heterocycles. The van der Waals surface area contributed by atoms with Gasteiger partial charge in [0.25, 0.3) is 0 Å². The van der Waals surface area contributed by atoms with Crippen molar-refractivity contribution in [3.8, 4) is 0 Å². The summed E-state index contributed by atoms with van der Waals surface area (Å²) in [6, 6.07) is 7.80. The maximum atomic E-state index is 3.82. The molecule has 3 aliphatic carbocycles. The minimum atomic E-state index is 0.723. The number of fused-ring (bicyclic) bond motifs is 1. The van der Waals surface area contributed by atoms with Gasteiger partial charge in [-0.15, -0.1) is 0 Å². The van der Waals surface area contributed by atoms with Crippen LogP contribution in [0.25, 0.3) is 0 Å². The van der Waals surface area contributed by atoms with Gasteiger partial charge in [-0.1, -0.05) is 18.9 Å². The van der Waals surface area contributed by atoms with Gasteiger partial charge in [0.05, 0.1) is 0 Å². The van der Waals surface area contributed by atoms with Crippen LogP contribution >= 0.6 is 0 Å². The van der Waals surface area contributed by atoms with Gasteiger partial charge in [0.1, 0.15) is 0 Å². The van der Waals surface area contributed by atoms with Crippen LogP contribution < -0.4 is 5.32 Å². The number of anilines is 1. The van der Waals surface area contributed by atoms with E-state index in [1.165, 1.54) is 76.3 Å². The molecular formula is C19H27N. The lowest BCUT2D eigenvalue weighted by molar-refractivity contribution is 0.188. The molecule has 1 N–H and O–H groups in total. The Labute approximate surface area is 123 Å². The van der Waals surface area contributed by atoms with E-state index in [1.54, 1.807) is 11.1 Å². The van der Waals surface area contributed by atoms with Gasteiger partial charge < -0.3 is 5.32 Å². The van der Waals surface area contributed by atoms with Gasteiger partial charge in [0.15, 0.2) is 0 Å². The van der Waals surface area contributed by atoms with Crippen molar-refractivity contribution in [2.75, 3.05) is 5.32 Å². The van der Waals surface area contributed by atoms with Crippen LogP contribution in [-0.4, -0.2) is 6.04 Å². The molecule has 1 aromatic carbocycles. The fourth-order valence-electron chi connectivity index (χ4n) is 4.90. The fourth-order valence-corrected chi connectivity index (χ4v) is 4.90. The Morgan fingerprint density at radius 3 is 2.40 bits per heavy atom. The number of nitrogens with one attached hydrogen (secondary N) is 1. The lowest BCUT2D eigenvalue weighted by Crippen LogP contribution is -2.31. The number of aryl methyl sites for hydroxylation is 2. The zero-order valence-corrected chi connectivity index (χ0v) is 12.6. The van der Waals surface area contributed by atoms with Crippen molar-refractivity contribution in [1.82, 2.24) is 0 Å². The molecule has 3 aliphatic rings. The number of benzene rings is 1. The maximum Gasteiger partial charge on any atom is 0.0345 e. The summed E-state index contributed by atoms with van der Waals surface area (Å²) in [6.07, 6.45) is 15.6. The van der Waals surface area contributed by atoms with Crippen LogP contribution in [0.2, 0.25) is 0 Å². The average Bonchev–Trinajstić information content (AvgIpc) is 3.11. The van der Waals surface area contributed by atoms with Crippen LogP contribution in [-0.2, 0) is 12.8 Å². The van der Waals surface area contributed by atoms with Crippen LogP contribution in [0, 0.1) is 5.41 Å². The van der Waals surface area contributed by atoms with Gasteiger partial charge in [0, 0.05) is 11.7 Å². The molecule has 108 valence electrons. The van der Waals surface area contributed by atoms with E-state index in [0.717, 1.165) is 11.5 Å². The van der Waals surface area contributed by atoms with Crippen LogP contribution in [0.1, 0.15) is 68.9 Å². The first-order chi connectivity index (χ1) is 9.83. The smallest absolute Gasteiger partial charge is 0.0345 e. The third kappa shape index (κ3) is 2.36. The molecule has 1 nitrogen and oxygen atoms in total. The fraction of sp³-hybridized carbons (Fsp3) is 0.684. The Morgan fingerprint density at radius 1 is 0.850 bits per heavy atom. The first-order valence-electron chi connectivity index (χ1n) is 8.71. The Balaban J connectivity index is 1.38. The predicted octanol–water partition coefficient (Wildman–Crippen LogP) is 5.09. The average molecular weight is 269 g/mol. The summed E-state index contributed by atoms with van der Waals surface area (Å²) in [7, 11) is 0. The summed E-state index contributed by atoms with van der Waals surface area (Å²) in [4.78, 5) is 0. The largest absolute Gasteiger partial charge is 0.382 e. The van der Waals surface area contributed by atoms with Crippen molar-refractivity contribution < 1.29 is 0 Å². The molecule has 1 heteroatoms. The van der Waals surface area contributed by atoms with Gasteiger partial charge in [-0.2, -0.15) is 0 Å². The first-order valence-corrected chi connectivity index (χ1v) is 8.71. The third-order valence-electron chi connectivity index (χ3n) is 6.18. The minimum Gasteiger partial charge on any atom is -0.382 e. The molecular weight excluding hydrogens is 242 g/mol. The summed E-state index contributed by atoms with van der Waals surface area (Å²) in [5.74, 6) is 0. The van der Waals surface area contributed by atoms with E-state index in [0.29, 0.717) is 0 Å². The molecule has 0 unspecified atom stereocenters. The molecule has 0 radical (unpaired) electrons. The van der Waals surface area contributed by atoms with E-state index < -0.39 is 0 Å². The molecule has 2 saturated carbocycles. The third-order valence-corrected chi connectivity index (χ3v) is 6.18. The quantitative estimate of drug-likeness (QED) is 0.788. The van der Waals surface area contributed by atoms with Crippen molar-refractivity contribution in [1.29, 1.82) is 0 Å². The molecule has 1 aromatic rings. The molecule has 0 heterocycles. The number of rotatable bonds is 2. The topological polar surface area (TPSA) is 12.0 Å². The Kier molecular flexibility index (Phi) is 3.24. The van der Waals surface area contributed by atoms with Gasteiger partial charge in [-0.25, -0.2) is 0 Å². The van der Waals surface area contributed by atoms with Crippen molar-refractivity contribution in [3.63, 3.8) is 0 Å². The van der Waals surface area contributed by atoms with Crippen molar-refractivity contribution in [2.45, 2.75) is 76.7 Å². The highest BCUT2D eigenvalue weighted by atomic mass is 14.9. The van der Waals surface area contributed by atoms with Crippen LogP contribution in [0.3, 0.4) is 0 Å². The molecule has 0 bridgehead atoms. The highest BCUT2D eigenvalue weighted by Crippen LogP contribution is 2.49. The zero-order valence-electron chi connectivity index (χ0n) is 12.6. The normalized spacial score (nSPS) is 25.0. The van der Waals surface area contributed by atoms with E-state index in [9.17, 15) is 0 Å². The van der Waals surface area contributed by atoms with Crippen LogP contribution in [0.4, 0.5) is 5.69 Å². The van der Waals surface area contributed by atoms with Crippen LogP contribution in [0.15, 0.2) is 18.2 Å². The van der Waals surface area contributed by atoms with Gasteiger partial charge >= 0.3 is 0 Å².